The molecule has 0 fully saturated rings. The van der Waals surface area contributed by atoms with Gasteiger partial charge >= 0.3 is 12.0 Å². The summed E-state index contributed by atoms with van der Waals surface area (Å²) in [7, 11) is 3.93. The third kappa shape index (κ3) is 9.28. The largest absolute Gasteiger partial charge is 0.481 e. The van der Waals surface area contributed by atoms with E-state index in [0.717, 1.165) is 13.0 Å². The number of likely N-dealkylation sites (N-methyl/N-ethyl adjacent to an activating group) is 1. The van der Waals surface area contributed by atoms with Gasteiger partial charge in [0, 0.05) is 19.1 Å². The lowest BCUT2D eigenvalue weighted by Crippen LogP contribution is -2.48. The molecule has 2 atom stereocenters. The molecular formula is C15H31N3O3. The van der Waals surface area contributed by atoms with Crippen LogP contribution in [0.25, 0.3) is 0 Å². The lowest BCUT2D eigenvalue weighted by Gasteiger charge is -2.25. The summed E-state index contributed by atoms with van der Waals surface area (Å²) in [6.07, 6.45) is 0.887. The van der Waals surface area contributed by atoms with Crippen LogP contribution < -0.4 is 10.6 Å². The Labute approximate surface area is 128 Å². The van der Waals surface area contributed by atoms with Gasteiger partial charge in [-0.25, -0.2) is 4.79 Å². The molecule has 6 heteroatoms. The van der Waals surface area contributed by atoms with Crippen molar-refractivity contribution >= 4 is 12.0 Å². The number of urea groups is 1. The van der Waals surface area contributed by atoms with Crippen molar-refractivity contribution in [2.45, 2.75) is 40.2 Å². The Balaban J connectivity index is 4.39. The monoisotopic (exact) mass is 301 g/mol. The number of carboxylic acids is 1. The molecule has 21 heavy (non-hydrogen) atoms. The number of nitrogens with one attached hydrogen (secondary N) is 2. The normalized spacial score (nSPS) is 14.3. The minimum atomic E-state index is -0.877. The highest BCUT2D eigenvalue weighted by molar-refractivity contribution is 5.76. The fraction of sp³-hybridized carbons (Fsp3) is 0.867. The van der Waals surface area contributed by atoms with Crippen molar-refractivity contribution in [1.29, 1.82) is 0 Å². The number of carbonyl (C=O) groups is 2. The lowest BCUT2D eigenvalue weighted by molar-refractivity contribution is -0.142. The molecule has 0 saturated heterocycles. The van der Waals surface area contributed by atoms with Gasteiger partial charge in [0.1, 0.15) is 0 Å². The number of aliphatic carboxylic acids is 1. The number of amides is 2. The number of carbonyl (C=O) groups excluding carboxylic acids is 1. The Bertz CT molecular complexity index is 320. The van der Waals surface area contributed by atoms with E-state index in [9.17, 15) is 9.59 Å². The van der Waals surface area contributed by atoms with Crippen LogP contribution in [0, 0.1) is 17.8 Å². The van der Waals surface area contributed by atoms with E-state index in [1.54, 1.807) is 0 Å². The van der Waals surface area contributed by atoms with Crippen LogP contribution in [0.4, 0.5) is 4.79 Å². The summed E-state index contributed by atoms with van der Waals surface area (Å²) in [6.45, 7) is 8.81. The molecule has 0 aromatic heterocycles. The predicted molar refractivity (Wildman–Crippen MR) is 84.3 cm³/mol. The fourth-order valence-corrected chi connectivity index (χ4v) is 2.24. The zero-order valence-electron chi connectivity index (χ0n) is 14.1. The molecule has 124 valence electrons. The molecule has 0 aromatic rings. The van der Waals surface area contributed by atoms with E-state index in [1.165, 1.54) is 0 Å². The molecule has 0 rings (SSSR count). The third-order valence-corrected chi connectivity index (χ3v) is 3.28. The third-order valence-electron chi connectivity index (χ3n) is 3.28. The van der Waals surface area contributed by atoms with Crippen LogP contribution in [-0.4, -0.2) is 55.2 Å². The first kappa shape index (κ1) is 19.7. The first-order chi connectivity index (χ1) is 9.63. The van der Waals surface area contributed by atoms with E-state index in [-0.39, 0.29) is 24.5 Å². The van der Waals surface area contributed by atoms with Crippen LogP contribution in [0.15, 0.2) is 0 Å². The highest BCUT2D eigenvalue weighted by atomic mass is 16.4. The van der Waals surface area contributed by atoms with Crippen LogP contribution in [0.2, 0.25) is 0 Å². The molecule has 2 unspecified atom stereocenters. The standard InChI is InChI=1S/C15H31N3O3/c1-10(2)7-12(9-18(5)6)17-15(21)16-8-13(11(3)4)14(19)20/h10-13H,7-9H2,1-6H3,(H,19,20)(H2,16,17,21). The second-order valence-corrected chi connectivity index (χ2v) is 6.63. The van der Waals surface area contributed by atoms with Gasteiger partial charge in [-0.2, -0.15) is 0 Å². The number of hydrogen-bond acceptors (Lipinski definition) is 3. The first-order valence-corrected chi connectivity index (χ1v) is 7.55. The van der Waals surface area contributed by atoms with Crippen molar-refractivity contribution in [1.82, 2.24) is 15.5 Å². The van der Waals surface area contributed by atoms with Gasteiger partial charge in [-0.05, 0) is 32.4 Å². The molecular weight excluding hydrogens is 270 g/mol. The Kier molecular flexibility index (Phi) is 9.01. The van der Waals surface area contributed by atoms with Gasteiger partial charge < -0.3 is 20.6 Å². The second-order valence-electron chi connectivity index (χ2n) is 6.63. The lowest BCUT2D eigenvalue weighted by atomic mass is 9.96. The van der Waals surface area contributed by atoms with Gasteiger partial charge in [0.15, 0.2) is 0 Å². The van der Waals surface area contributed by atoms with Gasteiger partial charge in [-0.15, -0.1) is 0 Å². The van der Waals surface area contributed by atoms with Crippen LogP contribution >= 0.6 is 0 Å². The Morgan fingerprint density at radius 2 is 1.71 bits per heavy atom. The summed E-state index contributed by atoms with van der Waals surface area (Å²) in [5.74, 6) is -0.973. The second kappa shape index (κ2) is 9.60. The summed E-state index contributed by atoms with van der Waals surface area (Å²) < 4.78 is 0. The predicted octanol–water partition coefficient (Wildman–Crippen LogP) is 1.62. The fourth-order valence-electron chi connectivity index (χ4n) is 2.24. The molecule has 0 aliphatic rings. The molecule has 3 N–H and O–H groups in total. The first-order valence-electron chi connectivity index (χ1n) is 7.55. The minimum absolute atomic E-state index is 0.0176. The maximum atomic E-state index is 11.9. The number of carboxylic acid groups (broad SMARTS) is 1. The van der Waals surface area contributed by atoms with Crippen molar-refractivity contribution in [2.24, 2.45) is 17.8 Å². The molecule has 0 saturated carbocycles. The van der Waals surface area contributed by atoms with E-state index in [4.69, 9.17) is 5.11 Å². The van der Waals surface area contributed by atoms with Gasteiger partial charge in [0.2, 0.25) is 0 Å². The summed E-state index contributed by atoms with van der Waals surface area (Å²) in [5.41, 5.74) is 0. The van der Waals surface area contributed by atoms with E-state index in [2.05, 4.69) is 24.5 Å². The topological polar surface area (TPSA) is 81.7 Å². The van der Waals surface area contributed by atoms with Gasteiger partial charge in [-0.3, -0.25) is 4.79 Å². The molecule has 0 spiro atoms. The van der Waals surface area contributed by atoms with Crippen molar-refractivity contribution in [3.63, 3.8) is 0 Å². The van der Waals surface area contributed by atoms with Crippen molar-refractivity contribution < 1.29 is 14.7 Å². The zero-order valence-corrected chi connectivity index (χ0v) is 14.1. The number of hydrogen-bond donors (Lipinski definition) is 3. The minimum Gasteiger partial charge on any atom is -0.481 e. The van der Waals surface area contributed by atoms with Crippen molar-refractivity contribution in [3.8, 4) is 0 Å². The maximum absolute atomic E-state index is 11.9. The van der Waals surface area contributed by atoms with Gasteiger partial charge in [0.25, 0.3) is 0 Å². The number of rotatable bonds is 9. The van der Waals surface area contributed by atoms with Gasteiger partial charge in [0.05, 0.1) is 5.92 Å². The molecule has 0 aromatic carbocycles. The number of nitrogens with zero attached hydrogens (tertiary/aromatic N) is 1. The quantitative estimate of drug-likeness (QED) is 0.604. The SMILES string of the molecule is CC(C)CC(CN(C)C)NC(=O)NCC(C(=O)O)C(C)C. The summed E-state index contributed by atoms with van der Waals surface area (Å²) in [6, 6.07) is -0.239. The molecule has 0 bridgehead atoms. The molecule has 0 heterocycles. The molecule has 0 radical (unpaired) electrons. The highest BCUT2D eigenvalue weighted by Gasteiger charge is 2.22. The smallest absolute Gasteiger partial charge is 0.315 e. The van der Waals surface area contributed by atoms with Crippen LogP contribution in [-0.2, 0) is 4.79 Å². The molecule has 0 aliphatic carbocycles. The average Bonchev–Trinajstić information content (AvgIpc) is 2.25. The molecule has 6 nitrogen and oxygen atoms in total. The summed E-state index contributed by atoms with van der Waals surface area (Å²) in [5, 5.41) is 14.7. The van der Waals surface area contributed by atoms with E-state index in [1.807, 2.05) is 32.8 Å². The van der Waals surface area contributed by atoms with Crippen LogP contribution in [0.1, 0.15) is 34.1 Å². The summed E-state index contributed by atoms with van der Waals surface area (Å²) >= 11 is 0. The van der Waals surface area contributed by atoms with Crippen molar-refractivity contribution in [3.05, 3.63) is 0 Å². The highest BCUT2D eigenvalue weighted by Crippen LogP contribution is 2.10. The van der Waals surface area contributed by atoms with E-state index < -0.39 is 11.9 Å². The summed E-state index contributed by atoms with van der Waals surface area (Å²) in [4.78, 5) is 25.0. The van der Waals surface area contributed by atoms with Crippen LogP contribution in [0.3, 0.4) is 0 Å². The average molecular weight is 301 g/mol. The Morgan fingerprint density at radius 1 is 1.14 bits per heavy atom. The van der Waals surface area contributed by atoms with Crippen molar-refractivity contribution in [2.75, 3.05) is 27.2 Å². The van der Waals surface area contributed by atoms with E-state index >= 15 is 0 Å². The zero-order chi connectivity index (χ0) is 16.6. The molecule has 2 amide bonds. The Morgan fingerprint density at radius 3 is 2.10 bits per heavy atom. The molecule has 0 aliphatic heterocycles. The van der Waals surface area contributed by atoms with E-state index in [0.29, 0.717) is 5.92 Å². The van der Waals surface area contributed by atoms with Crippen LogP contribution in [0.5, 0.6) is 0 Å². The maximum Gasteiger partial charge on any atom is 0.315 e. The Hall–Kier alpha value is -1.30. The van der Waals surface area contributed by atoms with Gasteiger partial charge in [-0.1, -0.05) is 27.7 Å².